The Kier molecular flexibility index (Phi) is 12.0. The van der Waals surface area contributed by atoms with Crippen molar-refractivity contribution in [3.05, 3.63) is 9.67 Å². The van der Waals surface area contributed by atoms with Crippen LogP contribution in [0.1, 0.15) is 66.2 Å². The normalized spacial score (nSPS) is 13.0. The van der Waals surface area contributed by atoms with Crippen molar-refractivity contribution in [3.8, 4) is 11.5 Å². The minimum atomic E-state index is -2.15. The van der Waals surface area contributed by atoms with E-state index in [1.165, 1.54) is 38.5 Å². The van der Waals surface area contributed by atoms with Gasteiger partial charge >= 0.3 is 147 Å². The second-order valence-electron chi connectivity index (χ2n) is 7.94. The first-order valence-electron chi connectivity index (χ1n) is 9.51. The van der Waals surface area contributed by atoms with E-state index in [0.29, 0.717) is 0 Å². The van der Waals surface area contributed by atoms with E-state index in [4.69, 9.17) is 0 Å². The third-order valence-corrected chi connectivity index (χ3v) is 21.9. The molecule has 2 heteroatoms. The Morgan fingerprint density at radius 3 is 1.59 bits per heavy atom. The van der Waals surface area contributed by atoms with Crippen LogP contribution in [0, 0.1) is 11.5 Å². The zero-order chi connectivity index (χ0) is 17.1. The summed E-state index contributed by atoms with van der Waals surface area (Å²) in [6.45, 7) is 16.5. The summed E-state index contributed by atoms with van der Waals surface area (Å²) in [5.41, 5.74) is 3.54. The van der Waals surface area contributed by atoms with Crippen molar-refractivity contribution in [2.45, 2.75) is 99.2 Å². The van der Waals surface area contributed by atoms with Crippen molar-refractivity contribution in [1.29, 1.82) is 0 Å². The zero-order valence-corrected chi connectivity index (χ0v) is 20.3. The standard InChI is InChI=1S/C8H13Si.3C4H9.Sn/c1-5-6-7-8-9(2,3)4;3*1-3-4-2;/h6H,1-4H3;3*1,3-4H2,2H3;. The molecule has 0 nitrogen and oxygen atoms in total. The monoisotopic (exact) mass is 428 g/mol. The number of allylic oxidation sites excluding steroid dienone is 2. The molecule has 22 heavy (non-hydrogen) atoms. The van der Waals surface area contributed by atoms with Gasteiger partial charge < -0.3 is 0 Å². The van der Waals surface area contributed by atoms with Crippen LogP contribution >= 0.6 is 0 Å². The van der Waals surface area contributed by atoms with E-state index >= 15 is 0 Å². The van der Waals surface area contributed by atoms with E-state index in [2.05, 4.69) is 64.9 Å². The number of unbranched alkanes of at least 4 members (excludes halogenated alkanes) is 3. The molecule has 0 atom stereocenters. The van der Waals surface area contributed by atoms with Crippen molar-refractivity contribution in [1.82, 2.24) is 0 Å². The van der Waals surface area contributed by atoms with E-state index in [0.717, 1.165) is 0 Å². The predicted molar refractivity (Wildman–Crippen MR) is 110 cm³/mol. The van der Waals surface area contributed by atoms with Gasteiger partial charge in [0, 0.05) is 0 Å². The average Bonchev–Trinajstić information content (AvgIpc) is 2.45. The first kappa shape index (κ1) is 22.3. The summed E-state index contributed by atoms with van der Waals surface area (Å²) >= 11 is -2.15. The van der Waals surface area contributed by atoms with Gasteiger partial charge in [-0.2, -0.15) is 0 Å². The van der Waals surface area contributed by atoms with Crippen LogP contribution < -0.4 is 0 Å². The van der Waals surface area contributed by atoms with Crippen LogP contribution in [-0.4, -0.2) is 26.5 Å². The summed E-state index contributed by atoms with van der Waals surface area (Å²) < 4.78 is 6.43. The third kappa shape index (κ3) is 9.45. The summed E-state index contributed by atoms with van der Waals surface area (Å²) in [5.74, 6) is 3.46. The van der Waals surface area contributed by atoms with Crippen LogP contribution in [0.4, 0.5) is 0 Å². The Hall–Kier alpha value is 0.316. The molecule has 0 amide bonds. The molecule has 0 aromatic rings. The topological polar surface area (TPSA) is 0 Å². The quantitative estimate of drug-likeness (QED) is 0.255. The van der Waals surface area contributed by atoms with E-state index < -0.39 is 26.5 Å². The molecule has 0 spiro atoms. The fourth-order valence-corrected chi connectivity index (χ4v) is 19.0. The molecule has 0 saturated carbocycles. The Labute approximate surface area is 146 Å². The molecule has 128 valence electrons. The second kappa shape index (κ2) is 11.8. The van der Waals surface area contributed by atoms with E-state index in [1.807, 2.05) is 0 Å². The van der Waals surface area contributed by atoms with Gasteiger partial charge in [-0.25, -0.2) is 0 Å². The van der Waals surface area contributed by atoms with Crippen LogP contribution in [-0.2, 0) is 0 Å². The first-order chi connectivity index (χ1) is 10.3. The third-order valence-electron chi connectivity index (χ3n) is 4.60. The summed E-state index contributed by atoms with van der Waals surface area (Å²) in [6.07, 6.45) is 10.7. The predicted octanol–water partition coefficient (Wildman–Crippen LogP) is 7.20. The second-order valence-corrected chi connectivity index (χ2v) is 26.5. The fraction of sp³-hybridized carbons (Fsp3) is 0.800. The van der Waals surface area contributed by atoms with Gasteiger partial charge in [0.1, 0.15) is 0 Å². The molecule has 0 heterocycles. The van der Waals surface area contributed by atoms with Crippen LogP contribution in [0.25, 0.3) is 0 Å². The van der Waals surface area contributed by atoms with Crippen molar-refractivity contribution in [2.24, 2.45) is 0 Å². The van der Waals surface area contributed by atoms with Crippen LogP contribution in [0.2, 0.25) is 33.0 Å². The summed E-state index contributed by atoms with van der Waals surface area (Å²) in [7, 11) is -1.24. The van der Waals surface area contributed by atoms with Gasteiger partial charge in [-0.15, -0.1) is 0 Å². The molecule has 0 aromatic heterocycles. The molecule has 0 rings (SSSR count). The van der Waals surface area contributed by atoms with Gasteiger partial charge in [-0.3, -0.25) is 0 Å². The van der Waals surface area contributed by atoms with Crippen LogP contribution in [0.15, 0.2) is 9.67 Å². The summed E-state index contributed by atoms with van der Waals surface area (Å²) in [6, 6.07) is 0. The van der Waals surface area contributed by atoms with Gasteiger partial charge in [-0.1, -0.05) is 0 Å². The maximum absolute atomic E-state index is 3.54. The molecule has 0 unspecified atom stereocenters. The Morgan fingerprint density at radius 2 is 1.27 bits per heavy atom. The summed E-state index contributed by atoms with van der Waals surface area (Å²) in [4.78, 5) is 0. The van der Waals surface area contributed by atoms with Crippen molar-refractivity contribution in [3.63, 3.8) is 0 Å². The van der Waals surface area contributed by atoms with Crippen molar-refractivity contribution < 1.29 is 0 Å². The molecule has 0 radical (unpaired) electrons. The van der Waals surface area contributed by atoms with Gasteiger partial charge in [0.15, 0.2) is 0 Å². The van der Waals surface area contributed by atoms with Gasteiger partial charge in [0.25, 0.3) is 0 Å². The molecular formula is C20H40SiSn. The van der Waals surface area contributed by atoms with Gasteiger partial charge in [0.05, 0.1) is 0 Å². The van der Waals surface area contributed by atoms with Crippen molar-refractivity contribution >= 4 is 26.5 Å². The molecule has 0 aliphatic heterocycles. The molecule has 0 bridgehead atoms. The van der Waals surface area contributed by atoms with Gasteiger partial charge in [0.2, 0.25) is 0 Å². The number of hydrogen-bond acceptors (Lipinski definition) is 0. The summed E-state index contributed by atoms with van der Waals surface area (Å²) in [5, 5.41) is 0. The minimum absolute atomic E-state index is 1.24. The fourth-order valence-electron chi connectivity index (χ4n) is 3.03. The molecule has 0 saturated heterocycles. The molecule has 0 fully saturated rings. The van der Waals surface area contributed by atoms with E-state index in [9.17, 15) is 0 Å². The Bertz CT molecular complexity index is 357. The molecule has 0 aliphatic carbocycles. The van der Waals surface area contributed by atoms with Gasteiger partial charge in [-0.05, 0) is 0 Å². The molecule has 0 aliphatic rings. The van der Waals surface area contributed by atoms with Crippen molar-refractivity contribution in [2.75, 3.05) is 0 Å². The molecule has 0 aromatic carbocycles. The Morgan fingerprint density at radius 1 is 0.864 bits per heavy atom. The number of hydrogen-bond donors (Lipinski definition) is 0. The van der Waals surface area contributed by atoms with E-state index in [1.54, 1.807) is 16.9 Å². The maximum atomic E-state index is 3.54. The average molecular weight is 427 g/mol. The Balaban J connectivity index is 5.34. The number of rotatable bonds is 10. The van der Waals surface area contributed by atoms with Crippen LogP contribution in [0.5, 0.6) is 0 Å². The van der Waals surface area contributed by atoms with E-state index in [-0.39, 0.29) is 0 Å². The first-order valence-corrected chi connectivity index (χ1v) is 20.5. The molecular weight excluding hydrogens is 387 g/mol. The molecule has 0 N–H and O–H groups in total. The zero-order valence-electron chi connectivity index (χ0n) is 16.4. The van der Waals surface area contributed by atoms with Crippen LogP contribution in [0.3, 0.4) is 0 Å². The SMILES string of the molecule is CCC[CH2][Sn]([CH2]CCC)([CH2]CCC)/[C](C)=C/C#C[Si](C)(C)C.